The number of ether oxygens (including phenoxy) is 1. The van der Waals surface area contributed by atoms with E-state index in [0.29, 0.717) is 5.56 Å². The van der Waals surface area contributed by atoms with Crippen molar-refractivity contribution in [1.29, 1.82) is 0 Å². The Morgan fingerprint density at radius 3 is 2.44 bits per heavy atom. The van der Waals surface area contributed by atoms with Gasteiger partial charge < -0.3 is 10.5 Å². The lowest BCUT2D eigenvalue weighted by atomic mass is 10.1. The van der Waals surface area contributed by atoms with Crippen molar-refractivity contribution in [3.63, 3.8) is 0 Å². The molecule has 16 heavy (non-hydrogen) atoms. The van der Waals surface area contributed by atoms with E-state index in [1.54, 1.807) is 6.92 Å². The van der Waals surface area contributed by atoms with Gasteiger partial charge in [-0.3, -0.25) is 0 Å². The van der Waals surface area contributed by atoms with Crippen LogP contribution in [0.2, 0.25) is 0 Å². The van der Waals surface area contributed by atoms with Crippen LogP contribution in [0.3, 0.4) is 0 Å². The molecule has 0 aromatic heterocycles. The van der Waals surface area contributed by atoms with E-state index < -0.39 is 24.3 Å². The van der Waals surface area contributed by atoms with Crippen LogP contribution in [0, 0.1) is 5.82 Å². The fourth-order valence-corrected chi connectivity index (χ4v) is 1.08. The molecule has 90 valence electrons. The van der Waals surface area contributed by atoms with Gasteiger partial charge in [-0.1, -0.05) is 6.07 Å². The molecule has 2 N–H and O–H groups in total. The van der Waals surface area contributed by atoms with Crippen LogP contribution in [-0.2, 0) is 0 Å². The topological polar surface area (TPSA) is 35.2 Å². The Kier molecular flexibility index (Phi) is 3.74. The molecule has 1 rings (SSSR count). The summed E-state index contributed by atoms with van der Waals surface area (Å²) in [6.45, 7) is 0.131. The van der Waals surface area contributed by atoms with Gasteiger partial charge in [0.25, 0.3) is 0 Å². The Hall–Kier alpha value is -1.30. The van der Waals surface area contributed by atoms with Crippen LogP contribution < -0.4 is 10.5 Å². The maximum atomic E-state index is 13.2. The van der Waals surface area contributed by atoms with Crippen LogP contribution in [0.15, 0.2) is 18.2 Å². The lowest BCUT2D eigenvalue weighted by Gasteiger charge is -2.11. The molecule has 1 aromatic carbocycles. The fraction of sp³-hybridized carbons (Fsp3) is 0.400. The first kappa shape index (κ1) is 12.8. The molecule has 1 atom stereocenters. The average Bonchev–Trinajstić information content (AvgIpc) is 2.14. The van der Waals surface area contributed by atoms with Gasteiger partial charge in [0.05, 0.1) is 0 Å². The van der Waals surface area contributed by atoms with Crippen LogP contribution >= 0.6 is 0 Å². The van der Waals surface area contributed by atoms with Gasteiger partial charge >= 0.3 is 6.18 Å². The van der Waals surface area contributed by atoms with E-state index in [1.165, 1.54) is 6.07 Å². The summed E-state index contributed by atoms with van der Waals surface area (Å²) in [6.07, 6.45) is -4.48. The highest BCUT2D eigenvalue weighted by Crippen LogP contribution is 2.23. The van der Waals surface area contributed by atoms with Crippen molar-refractivity contribution in [1.82, 2.24) is 0 Å². The molecule has 0 aliphatic carbocycles. The maximum absolute atomic E-state index is 13.2. The van der Waals surface area contributed by atoms with Crippen LogP contribution in [0.25, 0.3) is 0 Å². The Morgan fingerprint density at radius 1 is 1.38 bits per heavy atom. The van der Waals surface area contributed by atoms with Gasteiger partial charge in [-0.2, -0.15) is 13.2 Å². The summed E-state index contributed by atoms with van der Waals surface area (Å²) in [7, 11) is 0. The van der Waals surface area contributed by atoms with E-state index in [-0.39, 0.29) is 6.04 Å². The molecule has 0 radical (unpaired) electrons. The van der Waals surface area contributed by atoms with E-state index in [2.05, 4.69) is 4.74 Å². The first-order valence-electron chi connectivity index (χ1n) is 4.54. The Morgan fingerprint density at radius 2 is 2.00 bits per heavy atom. The molecule has 0 bridgehead atoms. The van der Waals surface area contributed by atoms with E-state index in [9.17, 15) is 17.6 Å². The lowest BCUT2D eigenvalue weighted by Crippen LogP contribution is -2.19. The van der Waals surface area contributed by atoms with Crippen LogP contribution in [0.1, 0.15) is 18.5 Å². The highest BCUT2D eigenvalue weighted by molar-refractivity contribution is 5.30. The van der Waals surface area contributed by atoms with Crippen LogP contribution in [0.5, 0.6) is 5.75 Å². The SMILES string of the molecule is CC(N)c1ccc(OCC(F)(F)F)c(F)c1. The molecular formula is C10H11F4NO. The minimum Gasteiger partial charge on any atom is -0.481 e. The monoisotopic (exact) mass is 237 g/mol. The van der Waals surface area contributed by atoms with Gasteiger partial charge in [-0.15, -0.1) is 0 Å². The third-order valence-corrected chi connectivity index (χ3v) is 1.87. The summed E-state index contributed by atoms with van der Waals surface area (Å²) < 4.78 is 53.0. The third-order valence-electron chi connectivity index (χ3n) is 1.87. The third kappa shape index (κ3) is 3.69. The summed E-state index contributed by atoms with van der Waals surface area (Å²) >= 11 is 0. The molecule has 0 saturated carbocycles. The second kappa shape index (κ2) is 4.69. The number of benzene rings is 1. The van der Waals surface area contributed by atoms with Crippen molar-refractivity contribution in [2.24, 2.45) is 5.73 Å². The van der Waals surface area contributed by atoms with E-state index in [0.717, 1.165) is 12.1 Å². The van der Waals surface area contributed by atoms with Gasteiger partial charge in [0.2, 0.25) is 0 Å². The lowest BCUT2D eigenvalue weighted by molar-refractivity contribution is -0.153. The van der Waals surface area contributed by atoms with Crippen molar-refractivity contribution in [3.05, 3.63) is 29.6 Å². The summed E-state index contributed by atoms with van der Waals surface area (Å²) in [6, 6.07) is 3.25. The quantitative estimate of drug-likeness (QED) is 0.820. The largest absolute Gasteiger partial charge is 0.481 e. The number of nitrogens with two attached hydrogens (primary N) is 1. The molecular weight excluding hydrogens is 226 g/mol. The number of hydrogen-bond acceptors (Lipinski definition) is 2. The van der Waals surface area contributed by atoms with Gasteiger partial charge in [-0.05, 0) is 24.6 Å². The van der Waals surface area contributed by atoms with Crippen LogP contribution in [-0.4, -0.2) is 12.8 Å². The summed E-state index contributed by atoms with van der Waals surface area (Å²) in [5.74, 6) is -1.28. The normalized spacial score (nSPS) is 13.6. The predicted octanol–water partition coefficient (Wildman–Crippen LogP) is 2.79. The molecule has 0 fully saturated rings. The molecule has 0 spiro atoms. The smallest absolute Gasteiger partial charge is 0.422 e. The molecule has 0 amide bonds. The maximum Gasteiger partial charge on any atom is 0.422 e. The zero-order chi connectivity index (χ0) is 12.3. The van der Waals surface area contributed by atoms with Crippen LogP contribution in [0.4, 0.5) is 17.6 Å². The van der Waals surface area contributed by atoms with E-state index in [1.807, 2.05) is 0 Å². The van der Waals surface area contributed by atoms with Gasteiger partial charge in [0, 0.05) is 6.04 Å². The summed E-state index contributed by atoms with van der Waals surface area (Å²) in [5, 5.41) is 0. The highest BCUT2D eigenvalue weighted by Gasteiger charge is 2.28. The number of halogens is 4. The molecule has 0 aliphatic heterocycles. The van der Waals surface area contributed by atoms with Crippen molar-refractivity contribution in [2.75, 3.05) is 6.61 Å². The number of hydrogen-bond donors (Lipinski definition) is 1. The summed E-state index contributed by atoms with van der Waals surface area (Å²) in [4.78, 5) is 0. The van der Waals surface area contributed by atoms with Crippen molar-refractivity contribution < 1.29 is 22.3 Å². The number of alkyl halides is 3. The number of rotatable bonds is 3. The zero-order valence-corrected chi connectivity index (χ0v) is 8.51. The van der Waals surface area contributed by atoms with Crippen molar-refractivity contribution in [3.8, 4) is 5.75 Å². The molecule has 0 aliphatic rings. The minimum atomic E-state index is -4.48. The first-order chi connectivity index (χ1) is 7.29. The fourth-order valence-electron chi connectivity index (χ4n) is 1.08. The van der Waals surface area contributed by atoms with Gasteiger partial charge in [-0.25, -0.2) is 4.39 Å². The standard InChI is InChI=1S/C10H11F4NO/c1-6(15)7-2-3-9(8(11)4-7)16-5-10(12,13)14/h2-4,6H,5,15H2,1H3. The molecule has 0 heterocycles. The van der Waals surface area contributed by atoms with E-state index >= 15 is 0 Å². The summed E-state index contributed by atoms with van der Waals surface area (Å²) in [5.41, 5.74) is 5.99. The predicted molar refractivity (Wildman–Crippen MR) is 50.6 cm³/mol. The Bertz CT molecular complexity index is 362. The van der Waals surface area contributed by atoms with E-state index in [4.69, 9.17) is 5.73 Å². The molecule has 0 saturated heterocycles. The van der Waals surface area contributed by atoms with Crippen molar-refractivity contribution >= 4 is 0 Å². The van der Waals surface area contributed by atoms with Gasteiger partial charge in [0.15, 0.2) is 18.2 Å². The minimum absolute atomic E-state index is 0.383. The molecule has 1 unspecified atom stereocenters. The highest BCUT2D eigenvalue weighted by atomic mass is 19.4. The van der Waals surface area contributed by atoms with Gasteiger partial charge in [0.1, 0.15) is 0 Å². The molecule has 1 aromatic rings. The Balaban J connectivity index is 2.76. The molecule has 6 heteroatoms. The van der Waals surface area contributed by atoms with Crippen molar-refractivity contribution in [2.45, 2.75) is 19.1 Å². The zero-order valence-electron chi connectivity index (χ0n) is 8.51. The Labute approximate surface area is 90.0 Å². The molecule has 2 nitrogen and oxygen atoms in total. The second-order valence-corrected chi connectivity index (χ2v) is 3.38. The second-order valence-electron chi connectivity index (χ2n) is 3.38. The average molecular weight is 237 g/mol. The first-order valence-corrected chi connectivity index (χ1v) is 4.54.